The highest BCUT2D eigenvalue weighted by atomic mass is 32.2. The Labute approximate surface area is 236 Å². The molecule has 5 heteroatoms. The number of rotatable bonds is 7. The lowest BCUT2D eigenvalue weighted by Crippen LogP contribution is -2.06. The molecule has 0 aliphatic rings. The molecule has 4 rings (SSSR count). The van der Waals surface area contributed by atoms with Crippen LogP contribution in [0, 0.1) is 48.5 Å². The summed E-state index contributed by atoms with van der Waals surface area (Å²) in [6.07, 6.45) is -2.10. The minimum Gasteiger partial charge on any atom is -0.294 e. The Morgan fingerprint density at radius 2 is 1.78 bits per heavy atom. The van der Waals surface area contributed by atoms with Crippen molar-refractivity contribution in [1.29, 1.82) is 0 Å². The second kappa shape index (κ2) is 10.7. The van der Waals surface area contributed by atoms with E-state index in [1.807, 2.05) is 20.8 Å². The molecule has 2 heterocycles. The highest BCUT2D eigenvalue weighted by molar-refractivity contribution is 7.99. The normalized spacial score (nSPS) is 15.7. The molecule has 0 spiro atoms. The molecule has 37 heavy (non-hydrogen) atoms. The molecule has 2 aromatic heterocycles. The van der Waals surface area contributed by atoms with Crippen LogP contribution in [0.3, 0.4) is 0 Å². The molecule has 4 aromatic rings. The number of aromatic amines is 1. The fourth-order valence-electron chi connectivity index (χ4n) is 4.23. The molecule has 0 bridgehead atoms. The second-order valence-electron chi connectivity index (χ2n) is 9.41. The van der Waals surface area contributed by atoms with Gasteiger partial charge in [0.2, 0.25) is 0 Å². The van der Waals surface area contributed by atoms with E-state index in [2.05, 4.69) is 10.1 Å². The minimum absolute atomic E-state index is 0.00339. The van der Waals surface area contributed by atoms with E-state index in [-0.39, 0.29) is 53.4 Å². The number of fused-ring (bicyclic) bond motifs is 1. The zero-order chi connectivity index (χ0) is 34.0. The third-order valence-electron chi connectivity index (χ3n) is 6.93. The van der Waals surface area contributed by atoms with E-state index in [0.29, 0.717) is 60.0 Å². The van der Waals surface area contributed by atoms with Crippen LogP contribution in [0.25, 0.3) is 22.5 Å². The summed E-state index contributed by atoms with van der Waals surface area (Å²) in [5.74, 6) is -0.415. The van der Waals surface area contributed by atoms with E-state index in [0.717, 1.165) is 22.4 Å². The molecule has 0 aliphatic carbocycles. The molecule has 0 unspecified atom stereocenters. The molecule has 192 valence electrons. The Hall–Kier alpha value is -3.18. The average Bonchev–Trinajstić information content (AvgIpc) is 3.31. The maximum Gasteiger partial charge on any atom is 0.190 e. The lowest BCUT2D eigenvalue weighted by Gasteiger charge is -2.18. The van der Waals surface area contributed by atoms with Crippen LogP contribution in [0.2, 0.25) is 1.41 Å². The largest absolute Gasteiger partial charge is 0.294 e. The quantitative estimate of drug-likeness (QED) is 0.248. The minimum atomic E-state index is -1.75. The van der Waals surface area contributed by atoms with Crippen LogP contribution in [-0.4, -0.2) is 21.0 Å². The van der Waals surface area contributed by atoms with Crippen molar-refractivity contribution in [3.05, 3.63) is 80.2 Å². The zero-order valence-corrected chi connectivity index (χ0v) is 23.7. The van der Waals surface area contributed by atoms with Crippen molar-refractivity contribution in [1.82, 2.24) is 15.2 Å². The molecule has 0 fully saturated rings. The van der Waals surface area contributed by atoms with Crippen molar-refractivity contribution in [2.24, 2.45) is 0 Å². The first-order valence-electron chi connectivity index (χ1n) is 16.1. The van der Waals surface area contributed by atoms with Crippen molar-refractivity contribution < 1.29 is 15.8 Å². The van der Waals surface area contributed by atoms with Crippen LogP contribution in [0.4, 0.5) is 0 Å². The number of Topliss-reactive ketones (excluding diaryl/α,β-unsaturated/α-hetero) is 1. The standard InChI is InChI=1S/C32H37N3OS/c1-10-11-27(36)31-22(7)20(5)18(3)15-29(31)37-28-16-26-30(23(8)21(28)6)32(35-34-26)19(4)14-25-13-12-17(2)24(9)33-25/h12-16H,10-11H2,1-9H3,(H,34,35)/b19-14+/i10D2,12D,13D,14D,15D,16D/hD. The summed E-state index contributed by atoms with van der Waals surface area (Å²) in [4.78, 5) is 18.7. The van der Waals surface area contributed by atoms with Gasteiger partial charge in [0.05, 0.1) is 23.8 Å². The molecule has 0 atom stereocenters. The smallest absolute Gasteiger partial charge is 0.190 e. The lowest BCUT2D eigenvalue weighted by atomic mass is 9.95. The van der Waals surface area contributed by atoms with Gasteiger partial charge in [-0.3, -0.25) is 14.9 Å². The van der Waals surface area contributed by atoms with Gasteiger partial charge in [-0.05, 0) is 125 Å². The van der Waals surface area contributed by atoms with Crippen molar-refractivity contribution in [3.8, 4) is 0 Å². The van der Waals surface area contributed by atoms with Gasteiger partial charge in [-0.1, -0.05) is 24.7 Å². The molecule has 2 aromatic carbocycles. The number of nitrogens with one attached hydrogen (secondary N) is 1. The van der Waals surface area contributed by atoms with Crippen LogP contribution < -0.4 is 0 Å². The van der Waals surface area contributed by atoms with Crippen LogP contribution in [0.1, 0.15) is 97.1 Å². The maximum absolute atomic E-state index is 13.5. The number of aryl methyl sites for hydroxylation is 2. The van der Waals surface area contributed by atoms with E-state index in [1.54, 1.807) is 34.6 Å². The fourth-order valence-corrected chi connectivity index (χ4v) is 5.46. The second-order valence-corrected chi connectivity index (χ2v) is 10.4. The predicted molar refractivity (Wildman–Crippen MR) is 157 cm³/mol. The van der Waals surface area contributed by atoms with Gasteiger partial charge in [0.1, 0.15) is 0 Å². The molecule has 0 aliphatic heterocycles. The van der Waals surface area contributed by atoms with Crippen LogP contribution in [0.15, 0.2) is 34.0 Å². The number of nitrogens with zero attached hydrogens (tertiary/aromatic N) is 2. The number of hydrogen-bond acceptors (Lipinski definition) is 4. The summed E-state index contributed by atoms with van der Waals surface area (Å²) in [6, 6.07) is -0.151. The monoisotopic (exact) mass is 519 g/mol. The van der Waals surface area contributed by atoms with E-state index >= 15 is 0 Å². The van der Waals surface area contributed by atoms with Crippen molar-refractivity contribution in [3.63, 3.8) is 0 Å². The van der Waals surface area contributed by atoms with Crippen LogP contribution >= 0.6 is 11.8 Å². The van der Waals surface area contributed by atoms with E-state index < -0.39 is 12.2 Å². The first-order chi connectivity index (χ1) is 20.7. The summed E-state index contributed by atoms with van der Waals surface area (Å²) in [5.41, 5.74) is 5.79. The summed E-state index contributed by atoms with van der Waals surface area (Å²) in [6.45, 7) is 15.5. The van der Waals surface area contributed by atoms with Gasteiger partial charge in [-0.15, -0.1) is 0 Å². The Balaban J connectivity index is 1.98. The fraction of sp³-hybridized carbons (Fsp3) is 0.344. The summed E-state index contributed by atoms with van der Waals surface area (Å²) in [7, 11) is 0. The Morgan fingerprint density at radius 3 is 2.49 bits per heavy atom. The number of hydrogen-bond donors (Lipinski definition) is 1. The molecule has 0 saturated heterocycles. The molecule has 0 saturated carbocycles. The summed E-state index contributed by atoms with van der Waals surface area (Å²) in [5, 5.41) is 5.73. The number of pyridine rings is 1. The van der Waals surface area contributed by atoms with Crippen molar-refractivity contribution in [2.75, 3.05) is 0 Å². The molecule has 0 amide bonds. The first kappa shape index (κ1) is 18.1. The first-order valence-corrected chi connectivity index (χ1v) is 13.0. The Morgan fingerprint density at radius 1 is 1.05 bits per heavy atom. The number of aromatic nitrogens is 3. The van der Waals surface area contributed by atoms with Gasteiger partial charge in [0.15, 0.2) is 7.20 Å². The highest BCUT2D eigenvalue weighted by Gasteiger charge is 2.21. The van der Waals surface area contributed by atoms with Gasteiger partial charge in [-0.25, -0.2) is 0 Å². The molecule has 0 radical (unpaired) electrons. The van der Waals surface area contributed by atoms with Gasteiger partial charge in [-0.2, -0.15) is 5.10 Å². The van der Waals surface area contributed by atoms with Gasteiger partial charge in [0, 0.05) is 35.6 Å². The Bertz CT molecular complexity index is 1960. The van der Waals surface area contributed by atoms with E-state index in [9.17, 15) is 6.17 Å². The number of benzene rings is 2. The third kappa shape index (κ3) is 5.15. The van der Waals surface area contributed by atoms with Crippen molar-refractivity contribution >= 4 is 40.1 Å². The summed E-state index contributed by atoms with van der Waals surface area (Å²) < 4.78 is 68.4. The third-order valence-corrected chi connectivity index (χ3v) is 8.06. The lowest BCUT2D eigenvalue weighted by molar-refractivity contribution is 0.0978. The Kier molecular flexibility index (Phi) is 5.23. The molecular weight excluding hydrogens is 474 g/mol. The number of carbonyl (C=O) groups is 1. The van der Waals surface area contributed by atoms with Gasteiger partial charge < -0.3 is 0 Å². The molecular formula is C32H37N3OS. The highest BCUT2D eigenvalue weighted by Crippen LogP contribution is 2.40. The van der Waals surface area contributed by atoms with E-state index in [1.165, 1.54) is 6.92 Å². The maximum atomic E-state index is 13.5. The number of H-pyrrole nitrogens is 1. The zero-order valence-electron chi connectivity index (χ0n) is 30.9. The SMILES string of the molecule is [2H]/C(=C(/C)c1nn([2H])c2c([2H])c(Sc3c([2H])c(C)c(C)c(C)c3C(=O)CC([2H])([2H])C)c(C)c(C)c12)c1nc(C)c(C)c([2H])c1[2H]. The predicted octanol–water partition coefficient (Wildman–Crippen LogP) is 8.81. The molecule has 1 N–H and O–H groups in total. The topological polar surface area (TPSA) is 58.6 Å². The van der Waals surface area contributed by atoms with E-state index in [4.69, 9.17) is 9.64 Å². The molecule has 4 nitrogen and oxygen atoms in total. The van der Waals surface area contributed by atoms with Crippen molar-refractivity contribution in [2.45, 2.75) is 84.9 Å². The van der Waals surface area contributed by atoms with Gasteiger partial charge >= 0.3 is 0 Å². The number of allylic oxidation sites excluding steroid dienone is 1. The summed E-state index contributed by atoms with van der Waals surface area (Å²) >= 11 is 1.10. The number of carbonyl (C=O) groups excluding carboxylic acids is 1. The average molecular weight is 520 g/mol. The number of ketones is 1. The van der Waals surface area contributed by atoms with Gasteiger partial charge in [0.25, 0.3) is 0 Å². The van der Waals surface area contributed by atoms with Crippen LogP contribution in [0.5, 0.6) is 0 Å². The van der Waals surface area contributed by atoms with Crippen LogP contribution in [-0.2, 0) is 0 Å².